The third kappa shape index (κ3) is 14.8. The van der Waals surface area contributed by atoms with Crippen LogP contribution in [0, 0.1) is 30.1 Å². The van der Waals surface area contributed by atoms with Crippen molar-refractivity contribution in [3.63, 3.8) is 0 Å². The quantitative estimate of drug-likeness (QED) is 0.0613. The number of carbonyl (C=O) groups is 6. The summed E-state index contributed by atoms with van der Waals surface area (Å²) in [6.45, 7) is 6.37. The number of ketones is 3. The predicted molar refractivity (Wildman–Crippen MR) is 250 cm³/mol. The zero-order valence-corrected chi connectivity index (χ0v) is 38.8. The van der Waals surface area contributed by atoms with Gasteiger partial charge in [-0.2, -0.15) is 5.26 Å². The Kier molecular flexibility index (Phi) is 20.8. The SMILES string of the molecule is CCCCCCCCc1ccc(C(=O)C[C@@H](CC(=O)NC)C(=O)N(C)[C@@H]2C(=O)C[C@@H](C)C(=O)N[C@H](C(=O)CCC#N)Cc3ccc(OCCN)c(c3)-c3cc2ccc3OCCN)c(C)c1. The summed E-state index contributed by atoms with van der Waals surface area (Å²) in [5, 5.41) is 14.6. The van der Waals surface area contributed by atoms with Crippen LogP contribution in [0.25, 0.3) is 11.1 Å². The molecule has 1 aliphatic rings. The molecule has 0 saturated carbocycles. The molecule has 0 saturated heterocycles. The summed E-state index contributed by atoms with van der Waals surface area (Å²) in [7, 11) is 2.91. The minimum absolute atomic E-state index is 0.0370. The Morgan fingerprint density at radius 1 is 0.892 bits per heavy atom. The molecule has 3 aromatic rings. The number of aryl methyl sites for hydroxylation is 2. The maximum atomic E-state index is 14.8. The highest BCUT2D eigenvalue weighted by Crippen LogP contribution is 2.41. The Morgan fingerprint density at radius 3 is 2.20 bits per heavy atom. The molecule has 3 amide bonds. The molecule has 14 heteroatoms. The van der Waals surface area contributed by atoms with Crippen LogP contribution >= 0.6 is 0 Å². The number of nitrogens with one attached hydrogen (secondary N) is 2. The molecule has 4 bridgehead atoms. The van der Waals surface area contributed by atoms with Crippen LogP contribution in [0.1, 0.15) is 123 Å². The fraction of sp³-hybridized carbons (Fsp3) is 0.510. The minimum Gasteiger partial charge on any atom is -0.492 e. The molecule has 0 spiro atoms. The maximum Gasteiger partial charge on any atom is 0.227 e. The number of nitrogens with two attached hydrogens (primary N) is 2. The van der Waals surface area contributed by atoms with E-state index in [1.165, 1.54) is 44.7 Å². The number of hydrogen-bond acceptors (Lipinski definition) is 11. The van der Waals surface area contributed by atoms with E-state index in [2.05, 4.69) is 17.6 Å². The Labute approximate surface area is 384 Å². The van der Waals surface area contributed by atoms with Crippen LogP contribution in [0.15, 0.2) is 54.6 Å². The van der Waals surface area contributed by atoms with Crippen LogP contribution in [0.3, 0.4) is 0 Å². The van der Waals surface area contributed by atoms with Gasteiger partial charge in [-0.05, 0) is 72.7 Å². The second-order valence-electron chi connectivity index (χ2n) is 17.0. The van der Waals surface area contributed by atoms with E-state index in [0.29, 0.717) is 39.3 Å². The van der Waals surface area contributed by atoms with Crippen LogP contribution in [-0.2, 0) is 36.8 Å². The average molecular weight is 893 g/mol. The Hall–Kier alpha value is -5.91. The summed E-state index contributed by atoms with van der Waals surface area (Å²) in [4.78, 5) is 85.2. The standard InChI is InChI=1S/C51H68N6O8/c1-6-7-8-9-10-11-13-35-15-18-39(33(2)26-35)44(59)31-38(32-48(61)55-4)51(63)57(5)49-37-17-20-47(65-25-23-54)41(30-37)40-28-36(16-19-46(40)64-24-22-53)29-42(43(58)14-12-21-52)56-50(62)34(3)27-45(49)60/h15-20,26,28,30,34,38,42,49H,6-14,22-25,27,29,31-32,53-54H2,1-5H3,(H,55,61)(H,56,62)/t34-,38+,42+,49+/m1/s1. The van der Waals surface area contributed by atoms with Crippen molar-refractivity contribution in [3.8, 4) is 28.7 Å². The second-order valence-corrected chi connectivity index (χ2v) is 17.0. The number of ether oxygens (including phenoxy) is 2. The molecule has 0 aliphatic carbocycles. The number of hydrogen-bond donors (Lipinski definition) is 4. The number of amides is 3. The van der Waals surface area contributed by atoms with Gasteiger partial charge in [0.05, 0.1) is 18.0 Å². The summed E-state index contributed by atoms with van der Waals surface area (Å²) in [5.74, 6) is -4.02. The number of likely N-dealkylation sites (N-methyl/N-ethyl adjacent to an activating group) is 1. The monoisotopic (exact) mass is 893 g/mol. The van der Waals surface area contributed by atoms with Crippen molar-refractivity contribution in [1.29, 1.82) is 5.26 Å². The van der Waals surface area contributed by atoms with E-state index in [4.69, 9.17) is 20.9 Å². The first-order valence-corrected chi connectivity index (χ1v) is 23.0. The molecule has 0 radical (unpaired) electrons. The topological polar surface area (TPSA) is 224 Å². The highest BCUT2D eigenvalue weighted by atomic mass is 16.5. The molecule has 65 heavy (non-hydrogen) atoms. The van der Waals surface area contributed by atoms with Crippen molar-refractivity contribution in [2.75, 3.05) is 40.4 Å². The van der Waals surface area contributed by atoms with Crippen molar-refractivity contribution in [1.82, 2.24) is 15.5 Å². The molecule has 0 aromatic heterocycles. The Bertz CT molecular complexity index is 2180. The first-order valence-electron chi connectivity index (χ1n) is 23.0. The fourth-order valence-corrected chi connectivity index (χ4v) is 8.34. The second kappa shape index (κ2) is 26.1. The van der Waals surface area contributed by atoms with Crippen LogP contribution < -0.4 is 31.6 Å². The lowest BCUT2D eigenvalue weighted by Gasteiger charge is -2.32. The molecule has 14 nitrogen and oxygen atoms in total. The fourth-order valence-electron chi connectivity index (χ4n) is 8.34. The van der Waals surface area contributed by atoms with Crippen LogP contribution in [0.2, 0.25) is 0 Å². The Morgan fingerprint density at radius 2 is 1.55 bits per heavy atom. The lowest BCUT2D eigenvalue weighted by molar-refractivity contribution is -0.143. The van der Waals surface area contributed by atoms with E-state index in [1.54, 1.807) is 43.3 Å². The van der Waals surface area contributed by atoms with Crippen molar-refractivity contribution in [2.24, 2.45) is 23.3 Å². The number of unbranched alkanes of at least 4 members (excludes halogenated alkanes) is 5. The minimum atomic E-state index is -1.29. The van der Waals surface area contributed by atoms with E-state index in [-0.39, 0.29) is 76.4 Å². The third-order valence-electron chi connectivity index (χ3n) is 11.9. The van der Waals surface area contributed by atoms with E-state index in [9.17, 15) is 34.0 Å². The normalized spacial score (nSPS) is 16.6. The molecule has 0 unspecified atom stereocenters. The summed E-state index contributed by atoms with van der Waals surface area (Å²) < 4.78 is 12.2. The van der Waals surface area contributed by atoms with E-state index in [1.807, 2.05) is 31.2 Å². The van der Waals surface area contributed by atoms with Crippen molar-refractivity contribution >= 4 is 35.1 Å². The van der Waals surface area contributed by atoms with E-state index in [0.717, 1.165) is 30.4 Å². The van der Waals surface area contributed by atoms with Gasteiger partial charge in [-0.3, -0.25) is 28.8 Å². The highest BCUT2D eigenvalue weighted by molar-refractivity contribution is 6.02. The van der Waals surface area contributed by atoms with Crippen LogP contribution in [0.5, 0.6) is 11.5 Å². The molecular weight excluding hydrogens is 825 g/mol. The van der Waals surface area contributed by atoms with Gasteiger partial charge in [0.25, 0.3) is 0 Å². The zero-order chi connectivity index (χ0) is 47.5. The summed E-state index contributed by atoms with van der Waals surface area (Å²) >= 11 is 0. The molecular formula is C51H68N6O8. The molecule has 350 valence electrons. The molecule has 1 heterocycles. The van der Waals surface area contributed by atoms with Crippen molar-refractivity contribution in [3.05, 3.63) is 82.4 Å². The number of nitrogens with zero attached hydrogens (tertiary/aromatic N) is 2. The smallest absolute Gasteiger partial charge is 0.227 e. The van der Waals surface area contributed by atoms with Gasteiger partial charge >= 0.3 is 0 Å². The largest absolute Gasteiger partial charge is 0.492 e. The molecule has 4 atom stereocenters. The first-order chi connectivity index (χ1) is 31.3. The predicted octanol–water partition coefficient (Wildman–Crippen LogP) is 6.27. The lowest BCUT2D eigenvalue weighted by Crippen LogP contribution is -2.46. The van der Waals surface area contributed by atoms with Crippen LogP contribution in [0.4, 0.5) is 0 Å². The van der Waals surface area contributed by atoms with Gasteiger partial charge < -0.3 is 36.5 Å². The zero-order valence-electron chi connectivity index (χ0n) is 38.8. The number of rotatable bonds is 23. The molecule has 1 aliphatic heterocycles. The van der Waals surface area contributed by atoms with Gasteiger partial charge in [0.1, 0.15) is 30.8 Å². The number of fused-ring (bicyclic) bond motifs is 5. The van der Waals surface area contributed by atoms with Gasteiger partial charge in [-0.15, -0.1) is 0 Å². The van der Waals surface area contributed by atoms with Gasteiger partial charge in [0.15, 0.2) is 17.3 Å². The number of carbonyl (C=O) groups excluding carboxylic acids is 6. The number of Topliss-reactive ketones (excluding diaryl/α,β-unsaturated/α-hetero) is 3. The third-order valence-corrected chi connectivity index (χ3v) is 11.9. The van der Waals surface area contributed by atoms with E-state index < -0.39 is 47.4 Å². The molecule has 3 aromatic carbocycles. The first kappa shape index (κ1) is 51.7. The van der Waals surface area contributed by atoms with Crippen LogP contribution in [-0.4, -0.2) is 86.4 Å². The van der Waals surface area contributed by atoms with Crippen molar-refractivity contribution in [2.45, 2.75) is 116 Å². The van der Waals surface area contributed by atoms with E-state index >= 15 is 0 Å². The highest BCUT2D eigenvalue weighted by Gasteiger charge is 2.37. The van der Waals surface area contributed by atoms with Gasteiger partial charge in [0, 0.05) is 81.9 Å². The molecule has 0 fully saturated rings. The summed E-state index contributed by atoms with van der Waals surface area (Å²) in [5.41, 5.74) is 16.1. The number of benzene rings is 3. The number of nitriles is 1. The van der Waals surface area contributed by atoms with Gasteiger partial charge in [-0.1, -0.05) is 76.3 Å². The Balaban J connectivity index is 1.80. The lowest BCUT2D eigenvalue weighted by atomic mass is 9.87. The summed E-state index contributed by atoms with van der Waals surface area (Å²) in [6.07, 6.45) is 6.99. The molecule has 4 rings (SSSR count). The van der Waals surface area contributed by atoms with Gasteiger partial charge in [0.2, 0.25) is 17.7 Å². The van der Waals surface area contributed by atoms with Crippen molar-refractivity contribution < 1.29 is 38.2 Å². The van der Waals surface area contributed by atoms with Gasteiger partial charge in [-0.25, -0.2) is 0 Å². The molecule has 6 N–H and O–H groups in total. The summed E-state index contributed by atoms with van der Waals surface area (Å²) in [6, 6.07) is 15.8. The maximum absolute atomic E-state index is 14.8. The average Bonchev–Trinajstić information content (AvgIpc) is 3.29.